The van der Waals surface area contributed by atoms with Gasteiger partial charge in [-0.1, -0.05) is 18.2 Å². The molecule has 3 rings (SSSR count). The molecule has 0 aliphatic carbocycles. The quantitative estimate of drug-likeness (QED) is 0.910. The highest BCUT2D eigenvalue weighted by Gasteiger charge is 2.26. The summed E-state index contributed by atoms with van der Waals surface area (Å²) in [4.78, 5) is 2.74. The number of anilines is 1. The van der Waals surface area contributed by atoms with Gasteiger partial charge in [0.15, 0.2) is 0 Å². The van der Waals surface area contributed by atoms with E-state index in [2.05, 4.69) is 52.3 Å². The molecule has 1 atom stereocenters. The predicted molar refractivity (Wildman–Crippen MR) is 85.0 cm³/mol. The molecule has 0 saturated carbocycles. The summed E-state index contributed by atoms with van der Waals surface area (Å²) >= 11 is 2.12. The topological polar surface area (TPSA) is 15.3 Å². The van der Waals surface area contributed by atoms with Crippen LogP contribution < -0.4 is 5.32 Å². The van der Waals surface area contributed by atoms with Gasteiger partial charge in [-0.2, -0.15) is 11.8 Å². The Labute approximate surface area is 121 Å². The van der Waals surface area contributed by atoms with Crippen molar-refractivity contribution in [3.05, 3.63) is 30.3 Å². The summed E-state index contributed by atoms with van der Waals surface area (Å²) in [7, 11) is 0. The Bertz CT molecular complexity index is 376. The van der Waals surface area contributed by atoms with Gasteiger partial charge in [-0.15, -0.1) is 0 Å². The lowest BCUT2D eigenvalue weighted by Gasteiger charge is -2.40. The number of nitrogens with one attached hydrogen (secondary N) is 1. The van der Waals surface area contributed by atoms with Crippen LogP contribution in [0.3, 0.4) is 0 Å². The first-order chi connectivity index (χ1) is 9.42. The number of rotatable bonds is 3. The summed E-state index contributed by atoms with van der Waals surface area (Å²) < 4.78 is 0. The van der Waals surface area contributed by atoms with Crippen molar-refractivity contribution in [1.29, 1.82) is 0 Å². The Morgan fingerprint density at radius 1 is 1.05 bits per heavy atom. The van der Waals surface area contributed by atoms with Crippen LogP contribution in [0.2, 0.25) is 0 Å². The SMILES string of the molecule is c1ccc(NC2CCCN(C3CCSCC3)C2)cc1. The zero-order valence-corrected chi connectivity index (χ0v) is 12.4. The summed E-state index contributed by atoms with van der Waals surface area (Å²) in [6.07, 6.45) is 5.44. The van der Waals surface area contributed by atoms with Crippen LogP contribution in [-0.2, 0) is 0 Å². The summed E-state index contributed by atoms with van der Waals surface area (Å²) in [5, 5.41) is 3.70. The molecule has 0 spiro atoms. The van der Waals surface area contributed by atoms with Gasteiger partial charge in [0.2, 0.25) is 0 Å². The molecule has 2 aliphatic rings. The molecule has 2 fully saturated rings. The van der Waals surface area contributed by atoms with E-state index in [0.717, 1.165) is 6.04 Å². The van der Waals surface area contributed by atoms with Crippen LogP contribution in [0, 0.1) is 0 Å². The Balaban J connectivity index is 1.55. The Hall–Kier alpha value is -0.670. The molecule has 2 saturated heterocycles. The fraction of sp³-hybridized carbons (Fsp3) is 0.625. The number of hydrogen-bond acceptors (Lipinski definition) is 3. The molecule has 0 radical (unpaired) electrons. The average Bonchev–Trinajstić information content (AvgIpc) is 2.49. The monoisotopic (exact) mass is 276 g/mol. The van der Waals surface area contributed by atoms with Gasteiger partial charge in [0, 0.05) is 24.3 Å². The van der Waals surface area contributed by atoms with Crippen LogP contribution in [0.5, 0.6) is 0 Å². The molecule has 1 aromatic carbocycles. The van der Waals surface area contributed by atoms with Crippen molar-refractivity contribution in [3.63, 3.8) is 0 Å². The second-order valence-corrected chi connectivity index (χ2v) is 6.91. The number of para-hydroxylation sites is 1. The van der Waals surface area contributed by atoms with E-state index in [1.165, 1.54) is 56.0 Å². The number of likely N-dealkylation sites (tertiary alicyclic amines) is 1. The van der Waals surface area contributed by atoms with Gasteiger partial charge in [0.1, 0.15) is 0 Å². The van der Waals surface area contributed by atoms with Crippen LogP contribution >= 0.6 is 11.8 Å². The van der Waals surface area contributed by atoms with E-state index in [0.29, 0.717) is 6.04 Å². The Morgan fingerprint density at radius 2 is 1.84 bits per heavy atom. The molecule has 19 heavy (non-hydrogen) atoms. The Kier molecular flexibility index (Phi) is 4.67. The van der Waals surface area contributed by atoms with E-state index in [1.807, 2.05) is 0 Å². The second-order valence-electron chi connectivity index (χ2n) is 5.69. The Morgan fingerprint density at radius 3 is 2.63 bits per heavy atom. The molecule has 1 N–H and O–H groups in total. The van der Waals surface area contributed by atoms with Crippen molar-refractivity contribution in [3.8, 4) is 0 Å². The lowest BCUT2D eigenvalue weighted by Crippen LogP contribution is -2.48. The highest BCUT2D eigenvalue weighted by molar-refractivity contribution is 7.99. The van der Waals surface area contributed by atoms with Crippen LogP contribution in [0.1, 0.15) is 25.7 Å². The highest BCUT2D eigenvalue weighted by Crippen LogP contribution is 2.25. The van der Waals surface area contributed by atoms with Crippen LogP contribution in [-0.4, -0.2) is 41.6 Å². The van der Waals surface area contributed by atoms with E-state index in [1.54, 1.807) is 0 Å². The highest BCUT2D eigenvalue weighted by atomic mass is 32.2. The third-order valence-electron chi connectivity index (χ3n) is 4.30. The molecule has 0 aromatic heterocycles. The average molecular weight is 276 g/mol. The smallest absolute Gasteiger partial charge is 0.0389 e. The zero-order valence-electron chi connectivity index (χ0n) is 11.6. The molecule has 1 unspecified atom stereocenters. The second kappa shape index (κ2) is 6.67. The molecule has 104 valence electrons. The molecule has 2 aliphatic heterocycles. The van der Waals surface area contributed by atoms with Crippen LogP contribution in [0.4, 0.5) is 5.69 Å². The minimum absolute atomic E-state index is 0.630. The van der Waals surface area contributed by atoms with E-state index in [-0.39, 0.29) is 0 Å². The lowest BCUT2D eigenvalue weighted by molar-refractivity contribution is 0.146. The van der Waals surface area contributed by atoms with Crippen molar-refractivity contribution >= 4 is 17.4 Å². The van der Waals surface area contributed by atoms with Gasteiger partial charge < -0.3 is 5.32 Å². The van der Waals surface area contributed by atoms with Crippen molar-refractivity contribution < 1.29 is 0 Å². The van der Waals surface area contributed by atoms with Gasteiger partial charge in [0.05, 0.1) is 0 Å². The van der Waals surface area contributed by atoms with Crippen molar-refractivity contribution in [2.75, 3.05) is 29.9 Å². The van der Waals surface area contributed by atoms with Gasteiger partial charge in [0.25, 0.3) is 0 Å². The van der Waals surface area contributed by atoms with Crippen molar-refractivity contribution in [1.82, 2.24) is 4.90 Å². The van der Waals surface area contributed by atoms with E-state index >= 15 is 0 Å². The van der Waals surface area contributed by atoms with Crippen LogP contribution in [0.15, 0.2) is 30.3 Å². The van der Waals surface area contributed by atoms with Gasteiger partial charge >= 0.3 is 0 Å². The predicted octanol–water partition coefficient (Wildman–Crippen LogP) is 3.46. The molecule has 3 heteroatoms. The summed E-state index contributed by atoms with van der Waals surface area (Å²) in [6, 6.07) is 12.1. The number of nitrogens with zero attached hydrogens (tertiary/aromatic N) is 1. The van der Waals surface area contributed by atoms with Gasteiger partial charge in [-0.25, -0.2) is 0 Å². The maximum absolute atomic E-state index is 3.70. The number of benzene rings is 1. The van der Waals surface area contributed by atoms with Crippen molar-refractivity contribution in [2.45, 2.75) is 37.8 Å². The lowest BCUT2D eigenvalue weighted by atomic mass is 10.0. The fourth-order valence-electron chi connectivity index (χ4n) is 3.28. The molecule has 0 bridgehead atoms. The molecule has 2 heterocycles. The largest absolute Gasteiger partial charge is 0.381 e. The maximum atomic E-state index is 3.70. The van der Waals surface area contributed by atoms with Gasteiger partial charge in [-0.05, 0) is 55.9 Å². The number of hydrogen-bond donors (Lipinski definition) is 1. The van der Waals surface area contributed by atoms with E-state index in [4.69, 9.17) is 0 Å². The number of piperidine rings is 1. The molecule has 0 amide bonds. The summed E-state index contributed by atoms with van der Waals surface area (Å²) in [5.74, 6) is 2.72. The standard InChI is InChI=1S/C16H24N2S/c1-2-5-14(6-3-1)17-15-7-4-10-18(13-15)16-8-11-19-12-9-16/h1-3,5-6,15-17H,4,7-13H2. The first-order valence-electron chi connectivity index (χ1n) is 7.55. The summed E-state index contributed by atoms with van der Waals surface area (Å²) in [5.41, 5.74) is 1.27. The van der Waals surface area contributed by atoms with Crippen molar-refractivity contribution in [2.24, 2.45) is 0 Å². The molecular weight excluding hydrogens is 252 g/mol. The van der Waals surface area contributed by atoms with E-state index < -0.39 is 0 Å². The normalized spacial score (nSPS) is 26.2. The maximum Gasteiger partial charge on any atom is 0.0389 e. The zero-order chi connectivity index (χ0) is 12.9. The minimum Gasteiger partial charge on any atom is -0.381 e. The summed E-state index contributed by atoms with van der Waals surface area (Å²) in [6.45, 7) is 2.53. The molecule has 1 aromatic rings. The first-order valence-corrected chi connectivity index (χ1v) is 8.71. The first kappa shape index (κ1) is 13.3. The molecule has 2 nitrogen and oxygen atoms in total. The third-order valence-corrected chi connectivity index (χ3v) is 5.35. The van der Waals surface area contributed by atoms with E-state index in [9.17, 15) is 0 Å². The number of thioether (sulfide) groups is 1. The minimum atomic E-state index is 0.630. The van der Waals surface area contributed by atoms with Gasteiger partial charge in [-0.3, -0.25) is 4.90 Å². The third kappa shape index (κ3) is 3.67. The molecular formula is C16H24N2S. The van der Waals surface area contributed by atoms with Crippen LogP contribution in [0.25, 0.3) is 0 Å². The fourth-order valence-corrected chi connectivity index (χ4v) is 4.36.